The summed E-state index contributed by atoms with van der Waals surface area (Å²) in [4.78, 5) is 44.3. The fourth-order valence-electron chi connectivity index (χ4n) is 6.21. The molecule has 3 fully saturated rings. The Bertz CT molecular complexity index is 1220. The highest BCUT2D eigenvalue weighted by Gasteiger charge is 2.76. The predicted octanol–water partition coefficient (Wildman–Crippen LogP) is 3.38. The monoisotopic (exact) mass is 572 g/mol. The molecule has 0 aliphatic carbocycles. The Morgan fingerprint density at radius 1 is 1.31 bits per heavy atom. The van der Waals surface area contributed by atoms with Crippen LogP contribution in [0.2, 0.25) is 0 Å². The number of anilines is 1. The van der Waals surface area contributed by atoms with Crippen LogP contribution in [-0.2, 0) is 19.1 Å². The quantitative estimate of drug-likeness (QED) is 0.296. The van der Waals surface area contributed by atoms with Crippen molar-refractivity contribution in [1.82, 2.24) is 4.90 Å². The first-order valence-corrected chi connectivity index (χ1v) is 14.0. The standard InChI is InChI=1S/C27H29BrN2O5S/c1-3-11-29(18-10-9-16-7-5-6-8-17(16)14-18)25(33)23-27-15-19(28)22(36-27)20(26(34)35-4-2)21(27)24(32)30(23)12-13-31/h3,5-10,14,19-23,31H,1,4,11-13,15H2,2H3/t19?,20-,21+,22-,23?,27?/m1/s1. The molecule has 36 heavy (non-hydrogen) atoms. The van der Waals surface area contributed by atoms with Crippen molar-refractivity contribution in [3.8, 4) is 0 Å². The van der Waals surface area contributed by atoms with Crippen molar-refractivity contribution in [1.29, 1.82) is 0 Å². The van der Waals surface area contributed by atoms with E-state index in [0.717, 1.165) is 10.8 Å². The zero-order valence-corrected chi connectivity index (χ0v) is 22.4. The summed E-state index contributed by atoms with van der Waals surface area (Å²) in [5.41, 5.74) is 0.713. The number of likely N-dealkylation sites (tertiary alicyclic amines) is 1. The molecule has 0 radical (unpaired) electrons. The molecule has 2 amide bonds. The molecule has 2 aromatic carbocycles. The smallest absolute Gasteiger partial charge is 0.310 e. The lowest BCUT2D eigenvalue weighted by Crippen LogP contribution is -2.56. The van der Waals surface area contributed by atoms with Crippen molar-refractivity contribution in [2.45, 2.75) is 34.2 Å². The molecule has 6 atom stereocenters. The molecule has 190 valence electrons. The summed E-state index contributed by atoms with van der Waals surface area (Å²) in [5, 5.41) is 11.7. The lowest BCUT2D eigenvalue weighted by molar-refractivity contribution is -0.153. The highest BCUT2D eigenvalue weighted by molar-refractivity contribution is 9.09. The molecule has 2 aromatic rings. The average molecular weight is 574 g/mol. The van der Waals surface area contributed by atoms with Crippen LogP contribution < -0.4 is 4.90 Å². The van der Waals surface area contributed by atoms with Crippen LogP contribution >= 0.6 is 27.7 Å². The molecule has 3 unspecified atom stereocenters. The molecule has 2 bridgehead atoms. The van der Waals surface area contributed by atoms with E-state index in [9.17, 15) is 19.5 Å². The number of carbonyl (C=O) groups excluding carboxylic acids is 3. The molecule has 3 saturated heterocycles. The number of aliphatic hydroxyl groups excluding tert-OH is 1. The van der Waals surface area contributed by atoms with Crippen LogP contribution in [-0.4, -0.2) is 75.0 Å². The number of nitrogens with zero attached hydrogens (tertiary/aromatic N) is 2. The number of thioether (sulfide) groups is 1. The lowest BCUT2D eigenvalue weighted by atomic mass is 9.71. The van der Waals surface area contributed by atoms with Crippen LogP contribution in [0.1, 0.15) is 13.3 Å². The molecule has 0 aromatic heterocycles. The molecular formula is C27H29BrN2O5S. The number of β-amino-alcohol motifs (C(OH)–C–C–N with tert-alkyl or cyclic N) is 1. The van der Waals surface area contributed by atoms with Crippen LogP contribution in [0, 0.1) is 11.8 Å². The minimum atomic E-state index is -0.817. The van der Waals surface area contributed by atoms with Gasteiger partial charge in [0.2, 0.25) is 5.91 Å². The molecule has 3 heterocycles. The number of aliphatic hydroxyl groups is 1. The molecule has 3 aliphatic heterocycles. The van der Waals surface area contributed by atoms with Gasteiger partial charge in [0.25, 0.3) is 5.91 Å². The van der Waals surface area contributed by atoms with Gasteiger partial charge in [-0.05, 0) is 36.2 Å². The van der Waals surface area contributed by atoms with Crippen molar-refractivity contribution in [3.05, 3.63) is 55.1 Å². The normalized spacial score (nSPS) is 30.5. The Hall–Kier alpha value is -2.36. The lowest BCUT2D eigenvalue weighted by Gasteiger charge is -2.37. The number of fused-ring (bicyclic) bond motifs is 2. The molecule has 7 nitrogen and oxygen atoms in total. The number of benzene rings is 2. The van der Waals surface area contributed by atoms with Crippen molar-refractivity contribution < 1.29 is 24.2 Å². The maximum absolute atomic E-state index is 14.4. The SMILES string of the molecule is C=CCN(C(=O)C1N(CCO)C(=O)[C@@H]2[C@@H](C(=O)OCC)[C@@H]3SC12CC3Br)c1ccc2ccccc2c1. The number of amides is 2. The number of esters is 1. The van der Waals surface area contributed by atoms with E-state index in [1.807, 2.05) is 42.5 Å². The zero-order chi connectivity index (χ0) is 25.6. The van der Waals surface area contributed by atoms with Gasteiger partial charge in [0.05, 0.1) is 29.8 Å². The number of halogens is 1. The van der Waals surface area contributed by atoms with E-state index in [-0.39, 0.29) is 48.2 Å². The first kappa shape index (κ1) is 25.3. The van der Waals surface area contributed by atoms with Crippen LogP contribution in [0.15, 0.2) is 55.1 Å². The number of hydrogen-bond acceptors (Lipinski definition) is 6. The summed E-state index contributed by atoms with van der Waals surface area (Å²) in [6, 6.07) is 13.0. The first-order valence-electron chi connectivity index (χ1n) is 12.2. The van der Waals surface area contributed by atoms with Gasteiger partial charge in [-0.15, -0.1) is 18.3 Å². The fraction of sp³-hybridized carbons (Fsp3) is 0.444. The van der Waals surface area contributed by atoms with Gasteiger partial charge in [-0.25, -0.2) is 0 Å². The Balaban J connectivity index is 1.58. The third-order valence-electron chi connectivity index (χ3n) is 7.55. The average Bonchev–Trinajstić information content (AvgIpc) is 3.46. The molecule has 9 heteroatoms. The second-order valence-electron chi connectivity index (χ2n) is 9.44. The van der Waals surface area contributed by atoms with Crippen LogP contribution in [0.3, 0.4) is 0 Å². The Labute approximate surface area is 223 Å². The van der Waals surface area contributed by atoms with E-state index in [0.29, 0.717) is 12.1 Å². The van der Waals surface area contributed by atoms with E-state index < -0.39 is 28.6 Å². The fourth-order valence-corrected chi connectivity index (χ4v) is 9.80. The maximum atomic E-state index is 14.4. The van der Waals surface area contributed by atoms with Crippen molar-refractivity contribution in [2.75, 3.05) is 31.2 Å². The van der Waals surface area contributed by atoms with Gasteiger partial charge in [0, 0.05) is 28.9 Å². The van der Waals surface area contributed by atoms with Gasteiger partial charge in [0.1, 0.15) is 6.04 Å². The summed E-state index contributed by atoms with van der Waals surface area (Å²) in [6.07, 6.45) is 2.25. The molecule has 1 spiro atoms. The summed E-state index contributed by atoms with van der Waals surface area (Å²) in [5.74, 6) is -2.18. The third kappa shape index (κ3) is 3.78. The second-order valence-corrected chi connectivity index (χ2v) is 12.2. The Kier molecular flexibility index (Phi) is 6.91. The maximum Gasteiger partial charge on any atom is 0.310 e. The van der Waals surface area contributed by atoms with Gasteiger partial charge >= 0.3 is 5.97 Å². The Morgan fingerprint density at radius 2 is 2.06 bits per heavy atom. The van der Waals surface area contributed by atoms with E-state index in [4.69, 9.17) is 4.74 Å². The number of carbonyl (C=O) groups is 3. The third-order valence-corrected chi connectivity index (χ3v) is 10.8. The summed E-state index contributed by atoms with van der Waals surface area (Å²) in [7, 11) is 0. The van der Waals surface area contributed by atoms with Gasteiger partial charge in [-0.2, -0.15) is 0 Å². The number of ether oxygens (including phenoxy) is 1. The topological polar surface area (TPSA) is 87.2 Å². The summed E-state index contributed by atoms with van der Waals surface area (Å²) < 4.78 is 4.58. The first-order chi connectivity index (χ1) is 17.4. The molecule has 0 saturated carbocycles. The molecule has 5 rings (SSSR count). The predicted molar refractivity (Wildman–Crippen MR) is 144 cm³/mol. The van der Waals surface area contributed by atoms with Crippen LogP contribution in [0.25, 0.3) is 10.8 Å². The van der Waals surface area contributed by atoms with Gasteiger partial charge in [0.15, 0.2) is 0 Å². The number of rotatable bonds is 8. The summed E-state index contributed by atoms with van der Waals surface area (Å²) in [6.45, 7) is 5.86. The van der Waals surface area contributed by atoms with Crippen molar-refractivity contribution in [3.63, 3.8) is 0 Å². The molecule has 1 N–H and O–H groups in total. The van der Waals surface area contributed by atoms with Crippen LogP contribution in [0.5, 0.6) is 0 Å². The largest absolute Gasteiger partial charge is 0.466 e. The number of hydrogen-bond donors (Lipinski definition) is 1. The van der Waals surface area contributed by atoms with Crippen LogP contribution in [0.4, 0.5) is 5.69 Å². The minimum Gasteiger partial charge on any atom is -0.466 e. The van der Waals surface area contributed by atoms with E-state index in [2.05, 4.69) is 22.5 Å². The van der Waals surface area contributed by atoms with Gasteiger partial charge in [-0.1, -0.05) is 52.3 Å². The highest BCUT2D eigenvalue weighted by Crippen LogP contribution is 2.68. The zero-order valence-electron chi connectivity index (χ0n) is 20.0. The summed E-state index contributed by atoms with van der Waals surface area (Å²) >= 11 is 5.29. The highest BCUT2D eigenvalue weighted by atomic mass is 79.9. The van der Waals surface area contributed by atoms with Gasteiger partial charge in [-0.3, -0.25) is 14.4 Å². The van der Waals surface area contributed by atoms with E-state index >= 15 is 0 Å². The Morgan fingerprint density at radius 3 is 2.75 bits per heavy atom. The van der Waals surface area contributed by atoms with Gasteiger partial charge < -0.3 is 19.6 Å². The molecule has 3 aliphatic rings. The van der Waals surface area contributed by atoms with E-state index in [1.165, 1.54) is 4.90 Å². The van der Waals surface area contributed by atoms with E-state index in [1.54, 1.807) is 29.7 Å². The van der Waals surface area contributed by atoms with Crippen molar-refractivity contribution in [2.24, 2.45) is 11.8 Å². The minimum absolute atomic E-state index is 0.0286. The molecular weight excluding hydrogens is 544 g/mol. The number of alkyl halides is 1. The second kappa shape index (κ2) is 9.84. The van der Waals surface area contributed by atoms with Crippen molar-refractivity contribution >= 4 is 61.9 Å².